The topological polar surface area (TPSA) is 53.1 Å². The molecule has 1 atom stereocenters. The summed E-state index contributed by atoms with van der Waals surface area (Å²) in [6, 6.07) is 17.6. The van der Waals surface area contributed by atoms with Crippen molar-refractivity contribution in [3.8, 4) is 0 Å². The summed E-state index contributed by atoms with van der Waals surface area (Å²) in [5.74, 6) is -0.809. The lowest BCUT2D eigenvalue weighted by Gasteiger charge is -2.25. The number of nitrogens with one attached hydrogen (secondary N) is 1. The summed E-state index contributed by atoms with van der Waals surface area (Å²) in [5, 5.41) is 10.8. The minimum atomic E-state index is -0.957. The molecule has 2 N–H and O–H groups in total. The molecule has 3 rings (SSSR count). The molecular formula is C18H17NO2. The Morgan fingerprint density at radius 2 is 1.76 bits per heavy atom. The Balaban J connectivity index is 2.11. The summed E-state index contributed by atoms with van der Waals surface area (Å²) in [4.78, 5) is 15.1. The normalized spacial score (nSPS) is 14.0. The predicted molar refractivity (Wildman–Crippen MR) is 83.4 cm³/mol. The Kier molecular flexibility index (Phi) is 3.26. The smallest absolute Gasteiger partial charge is 0.314 e. The molecule has 21 heavy (non-hydrogen) atoms. The van der Waals surface area contributed by atoms with Crippen molar-refractivity contribution in [2.75, 3.05) is 0 Å². The van der Waals surface area contributed by atoms with E-state index in [1.807, 2.05) is 60.8 Å². The fourth-order valence-electron chi connectivity index (χ4n) is 2.82. The number of carboxylic acids is 1. The molecule has 0 saturated carbocycles. The lowest BCUT2D eigenvalue weighted by atomic mass is 9.77. The Hall–Kier alpha value is -2.55. The fourth-order valence-corrected chi connectivity index (χ4v) is 2.82. The number of rotatable bonds is 4. The number of hydrogen-bond donors (Lipinski definition) is 2. The van der Waals surface area contributed by atoms with Gasteiger partial charge in [-0.15, -0.1) is 0 Å². The van der Waals surface area contributed by atoms with E-state index in [1.165, 1.54) is 0 Å². The van der Waals surface area contributed by atoms with Crippen LogP contribution < -0.4 is 0 Å². The van der Waals surface area contributed by atoms with Gasteiger partial charge in [0.2, 0.25) is 0 Å². The van der Waals surface area contributed by atoms with Crippen LogP contribution in [-0.2, 0) is 16.6 Å². The van der Waals surface area contributed by atoms with Crippen molar-refractivity contribution < 1.29 is 9.90 Å². The molecule has 0 radical (unpaired) electrons. The maximum absolute atomic E-state index is 12.0. The van der Waals surface area contributed by atoms with E-state index < -0.39 is 11.4 Å². The van der Waals surface area contributed by atoms with Gasteiger partial charge in [-0.25, -0.2) is 0 Å². The Morgan fingerprint density at radius 3 is 2.48 bits per heavy atom. The molecule has 3 heteroatoms. The van der Waals surface area contributed by atoms with Gasteiger partial charge in [-0.05, 0) is 30.5 Å². The lowest BCUT2D eigenvalue weighted by Crippen LogP contribution is -2.34. The van der Waals surface area contributed by atoms with Gasteiger partial charge in [-0.1, -0.05) is 48.5 Å². The quantitative estimate of drug-likeness (QED) is 0.764. The van der Waals surface area contributed by atoms with E-state index in [2.05, 4.69) is 4.98 Å². The molecule has 106 valence electrons. The molecule has 3 nitrogen and oxygen atoms in total. The zero-order valence-electron chi connectivity index (χ0n) is 11.8. The van der Waals surface area contributed by atoms with Crippen LogP contribution in [0.4, 0.5) is 0 Å². The summed E-state index contributed by atoms with van der Waals surface area (Å²) in [6.07, 6.45) is 2.28. The summed E-state index contributed by atoms with van der Waals surface area (Å²) in [6.45, 7) is 1.79. The number of carboxylic acid groups (broad SMARTS) is 1. The first-order valence-electron chi connectivity index (χ1n) is 6.95. The molecule has 1 heterocycles. The predicted octanol–water partition coefficient (Wildman–Crippen LogP) is 3.75. The average Bonchev–Trinajstić information content (AvgIpc) is 2.92. The van der Waals surface area contributed by atoms with E-state index in [4.69, 9.17) is 0 Å². The van der Waals surface area contributed by atoms with Gasteiger partial charge in [0.15, 0.2) is 0 Å². The summed E-state index contributed by atoms with van der Waals surface area (Å²) < 4.78 is 0. The van der Waals surface area contributed by atoms with E-state index in [-0.39, 0.29) is 0 Å². The average molecular weight is 279 g/mol. The third-order valence-electron chi connectivity index (χ3n) is 4.06. The first-order valence-corrected chi connectivity index (χ1v) is 6.95. The summed E-state index contributed by atoms with van der Waals surface area (Å²) in [5.41, 5.74) is 1.86. The molecule has 0 aliphatic heterocycles. The van der Waals surface area contributed by atoms with Crippen molar-refractivity contribution in [1.29, 1.82) is 0 Å². The van der Waals surface area contributed by atoms with Crippen LogP contribution in [-0.4, -0.2) is 16.1 Å². The van der Waals surface area contributed by atoms with Crippen molar-refractivity contribution in [1.82, 2.24) is 4.98 Å². The zero-order valence-corrected chi connectivity index (χ0v) is 11.8. The van der Waals surface area contributed by atoms with Crippen LogP contribution >= 0.6 is 0 Å². The van der Waals surface area contributed by atoms with Gasteiger partial charge in [-0.2, -0.15) is 0 Å². The van der Waals surface area contributed by atoms with Crippen LogP contribution in [0.5, 0.6) is 0 Å². The van der Waals surface area contributed by atoms with Crippen molar-refractivity contribution in [2.24, 2.45) is 0 Å². The molecule has 0 aliphatic rings. The molecule has 0 aliphatic carbocycles. The molecule has 0 spiro atoms. The first kappa shape index (κ1) is 13.4. The molecule has 2 aromatic carbocycles. The van der Waals surface area contributed by atoms with Gasteiger partial charge in [0.25, 0.3) is 0 Å². The third-order valence-corrected chi connectivity index (χ3v) is 4.06. The number of carbonyl (C=O) groups is 1. The molecule has 0 bridgehead atoms. The van der Waals surface area contributed by atoms with Gasteiger partial charge in [0, 0.05) is 17.1 Å². The van der Waals surface area contributed by atoms with Crippen molar-refractivity contribution in [3.05, 3.63) is 71.9 Å². The number of aromatic amines is 1. The number of H-pyrrole nitrogens is 1. The van der Waals surface area contributed by atoms with E-state index in [0.717, 1.165) is 22.0 Å². The number of hydrogen-bond acceptors (Lipinski definition) is 1. The van der Waals surface area contributed by atoms with E-state index in [9.17, 15) is 9.90 Å². The minimum absolute atomic E-state index is 0.463. The molecule has 3 aromatic rings. The van der Waals surface area contributed by atoms with Crippen molar-refractivity contribution >= 4 is 16.9 Å². The SMILES string of the molecule is CC(Cc1ccccc1)(C(=O)O)c1c[nH]c2ccccc12. The number of aliphatic carboxylic acids is 1. The Bertz CT molecular complexity index is 776. The summed E-state index contributed by atoms with van der Waals surface area (Å²) in [7, 11) is 0. The zero-order chi connectivity index (χ0) is 14.9. The number of fused-ring (bicyclic) bond motifs is 1. The fraction of sp³-hybridized carbons (Fsp3) is 0.167. The van der Waals surface area contributed by atoms with Crippen molar-refractivity contribution in [3.63, 3.8) is 0 Å². The van der Waals surface area contributed by atoms with Crippen LogP contribution in [0.2, 0.25) is 0 Å². The summed E-state index contributed by atoms with van der Waals surface area (Å²) >= 11 is 0. The standard InChI is InChI=1S/C18H17NO2/c1-18(17(20)21,11-13-7-3-2-4-8-13)15-12-19-16-10-6-5-9-14(15)16/h2-10,12,19H,11H2,1H3,(H,20,21). The van der Waals surface area contributed by atoms with E-state index in [1.54, 1.807) is 6.92 Å². The van der Waals surface area contributed by atoms with Gasteiger partial charge in [-0.3, -0.25) is 4.79 Å². The Morgan fingerprint density at radius 1 is 1.10 bits per heavy atom. The van der Waals surface area contributed by atoms with Crippen LogP contribution in [0.25, 0.3) is 10.9 Å². The molecule has 0 saturated heterocycles. The van der Waals surface area contributed by atoms with Crippen molar-refractivity contribution in [2.45, 2.75) is 18.8 Å². The number of para-hydroxylation sites is 1. The second-order valence-corrected chi connectivity index (χ2v) is 5.55. The maximum Gasteiger partial charge on any atom is 0.314 e. The first-order chi connectivity index (χ1) is 10.1. The highest BCUT2D eigenvalue weighted by atomic mass is 16.4. The largest absolute Gasteiger partial charge is 0.481 e. The Labute approximate surface area is 123 Å². The highest BCUT2D eigenvalue weighted by molar-refractivity contribution is 5.92. The van der Waals surface area contributed by atoms with Gasteiger partial charge < -0.3 is 10.1 Å². The second-order valence-electron chi connectivity index (χ2n) is 5.55. The van der Waals surface area contributed by atoms with E-state index in [0.29, 0.717) is 6.42 Å². The lowest BCUT2D eigenvalue weighted by molar-refractivity contribution is -0.143. The molecule has 0 fully saturated rings. The maximum atomic E-state index is 12.0. The number of aromatic nitrogens is 1. The van der Waals surface area contributed by atoms with Gasteiger partial charge in [0.1, 0.15) is 0 Å². The van der Waals surface area contributed by atoms with Crippen LogP contribution in [0.1, 0.15) is 18.1 Å². The van der Waals surface area contributed by atoms with E-state index >= 15 is 0 Å². The van der Waals surface area contributed by atoms with Gasteiger partial charge in [0.05, 0.1) is 5.41 Å². The highest BCUT2D eigenvalue weighted by Crippen LogP contribution is 2.34. The molecular weight excluding hydrogens is 262 g/mol. The molecule has 1 unspecified atom stereocenters. The number of benzene rings is 2. The van der Waals surface area contributed by atoms with Crippen LogP contribution in [0, 0.1) is 0 Å². The molecule has 1 aromatic heterocycles. The second kappa shape index (κ2) is 5.09. The monoisotopic (exact) mass is 279 g/mol. The van der Waals surface area contributed by atoms with Crippen LogP contribution in [0.15, 0.2) is 60.8 Å². The molecule has 0 amide bonds. The highest BCUT2D eigenvalue weighted by Gasteiger charge is 2.37. The minimum Gasteiger partial charge on any atom is -0.481 e. The third kappa shape index (κ3) is 2.31. The van der Waals surface area contributed by atoms with Crippen LogP contribution in [0.3, 0.4) is 0 Å². The van der Waals surface area contributed by atoms with Gasteiger partial charge >= 0.3 is 5.97 Å².